The maximum absolute atomic E-state index is 9.82. The SMILES string of the molecule is CCOc1nc(Cl)nc2c1ncn2[C@H]1C[C@H](O)[C@@H](CO)O1. The van der Waals surface area contributed by atoms with Gasteiger partial charge in [-0.3, -0.25) is 4.57 Å². The first kappa shape index (κ1) is 14.5. The first-order valence-electron chi connectivity index (χ1n) is 6.61. The third kappa shape index (κ3) is 2.55. The molecule has 1 saturated heterocycles. The summed E-state index contributed by atoms with van der Waals surface area (Å²) in [7, 11) is 0. The van der Waals surface area contributed by atoms with Crippen LogP contribution in [0.3, 0.4) is 0 Å². The van der Waals surface area contributed by atoms with E-state index in [-0.39, 0.29) is 11.9 Å². The van der Waals surface area contributed by atoms with Gasteiger partial charge in [-0.25, -0.2) is 4.98 Å². The van der Waals surface area contributed by atoms with Crippen LogP contribution in [0.15, 0.2) is 6.33 Å². The highest BCUT2D eigenvalue weighted by molar-refractivity contribution is 6.28. The number of ether oxygens (including phenoxy) is 2. The van der Waals surface area contributed by atoms with Gasteiger partial charge in [0.2, 0.25) is 11.2 Å². The number of aliphatic hydroxyl groups excluding tert-OH is 2. The Hall–Kier alpha value is -1.48. The summed E-state index contributed by atoms with van der Waals surface area (Å²) in [4.78, 5) is 12.4. The molecule has 9 heteroatoms. The molecule has 1 aliphatic rings. The molecule has 0 aliphatic carbocycles. The second-order valence-corrected chi connectivity index (χ2v) is 5.01. The third-order valence-corrected chi connectivity index (χ3v) is 3.51. The lowest BCUT2D eigenvalue weighted by Gasteiger charge is -2.13. The monoisotopic (exact) mass is 314 g/mol. The predicted molar refractivity (Wildman–Crippen MR) is 73.1 cm³/mol. The van der Waals surface area contributed by atoms with Gasteiger partial charge in [0.05, 0.1) is 25.6 Å². The van der Waals surface area contributed by atoms with E-state index in [4.69, 9.17) is 26.2 Å². The molecule has 3 atom stereocenters. The van der Waals surface area contributed by atoms with Crippen LogP contribution < -0.4 is 4.74 Å². The fourth-order valence-electron chi connectivity index (χ4n) is 2.36. The van der Waals surface area contributed by atoms with Gasteiger partial charge in [-0.2, -0.15) is 9.97 Å². The highest BCUT2D eigenvalue weighted by Crippen LogP contribution is 2.32. The maximum Gasteiger partial charge on any atom is 0.246 e. The number of imidazole rings is 1. The van der Waals surface area contributed by atoms with Crippen LogP contribution in [0.4, 0.5) is 0 Å². The zero-order valence-electron chi connectivity index (χ0n) is 11.3. The molecular formula is C12H15ClN4O4. The minimum absolute atomic E-state index is 0.0463. The molecule has 2 aromatic heterocycles. The van der Waals surface area contributed by atoms with Crippen LogP contribution >= 0.6 is 11.6 Å². The van der Waals surface area contributed by atoms with Gasteiger partial charge < -0.3 is 19.7 Å². The molecule has 3 heterocycles. The van der Waals surface area contributed by atoms with Gasteiger partial charge in [-0.15, -0.1) is 0 Å². The number of rotatable bonds is 4. The average molecular weight is 315 g/mol. The number of aromatic nitrogens is 4. The number of halogens is 1. The van der Waals surface area contributed by atoms with Crippen molar-refractivity contribution in [3.05, 3.63) is 11.6 Å². The summed E-state index contributed by atoms with van der Waals surface area (Å²) in [5.74, 6) is 0.309. The Kier molecular flexibility index (Phi) is 3.94. The Labute approximate surface area is 125 Å². The number of nitrogens with zero attached hydrogens (tertiary/aromatic N) is 4. The van der Waals surface area contributed by atoms with E-state index in [0.29, 0.717) is 30.1 Å². The summed E-state index contributed by atoms with van der Waals surface area (Å²) < 4.78 is 12.6. The highest BCUT2D eigenvalue weighted by atomic mass is 35.5. The Bertz CT molecular complexity index is 649. The van der Waals surface area contributed by atoms with Gasteiger partial charge in [-0.05, 0) is 18.5 Å². The zero-order chi connectivity index (χ0) is 15.0. The van der Waals surface area contributed by atoms with Crippen molar-refractivity contribution in [1.82, 2.24) is 19.5 Å². The van der Waals surface area contributed by atoms with Gasteiger partial charge >= 0.3 is 0 Å². The van der Waals surface area contributed by atoms with Crippen molar-refractivity contribution in [2.75, 3.05) is 13.2 Å². The largest absolute Gasteiger partial charge is 0.476 e. The molecule has 0 spiro atoms. The first-order chi connectivity index (χ1) is 10.1. The smallest absolute Gasteiger partial charge is 0.246 e. The first-order valence-corrected chi connectivity index (χ1v) is 6.99. The molecule has 0 bridgehead atoms. The van der Waals surface area contributed by atoms with Gasteiger partial charge in [0.15, 0.2) is 11.2 Å². The predicted octanol–water partition coefficient (Wildman–Crippen LogP) is 0.519. The lowest BCUT2D eigenvalue weighted by molar-refractivity contribution is -0.0432. The van der Waals surface area contributed by atoms with E-state index in [9.17, 15) is 5.11 Å². The van der Waals surface area contributed by atoms with Gasteiger partial charge in [0.25, 0.3) is 0 Å². The van der Waals surface area contributed by atoms with Gasteiger partial charge in [0.1, 0.15) is 12.3 Å². The van der Waals surface area contributed by atoms with E-state index in [1.54, 1.807) is 4.57 Å². The zero-order valence-corrected chi connectivity index (χ0v) is 12.1. The molecule has 3 rings (SSSR count). The van der Waals surface area contributed by atoms with E-state index < -0.39 is 18.4 Å². The lowest BCUT2D eigenvalue weighted by atomic mass is 10.2. The Morgan fingerprint density at radius 3 is 3.00 bits per heavy atom. The highest BCUT2D eigenvalue weighted by Gasteiger charge is 2.35. The molecule has 2 N–H and O–H groups in total. The minimum Gasteiger partial charge on any atom is -0.476 e. The van der Waals surface area contributed by atoms with Crippen LogP contribution in [-0.2, 0) is 4.74 Å². The molecule has 2 aromatic rings. The fourth-order valence-corrected chi connectivity index (χ4v) is 2.52. The molecule has 0 aromatic carbocycles. The standard InChI is InChI=1S/C12H15ClN4O4/c1-2-20-11-9-10(15-12(13)16-11)17(5-14-9)8-3-6(19)7(4-18)21-8/h5-8,18-19H,2-4H2,1H3/t6-,7+,8+/m0/s1. The van der Waals surface area contributed by atoms with E-state index in [1.165, 1.54) is 6.33 Å². The molecular weight excluding hydrogens is 300 g/mol. The Morgan fingerprint density at radius 1 is 1.52 bits per heavy atom. The summed E-state index contributed by atoms with van der Waals surface area (Å²) >= 11 is 5.91. The van der Waals surface area contributed by atoms with Crippen LogP contribution in [0.5, 0.6) is 5.88 Å². The van der Waals surface area contributed by atoms with E-state index >= 15 is 0 Å². The Morgan fingerprint density at radius 2 is 2.33 bits per heavy atom. The van der Waals surface area contributed by atoms with Gasteiger partial charge in [0, 0.05) is 6.42 Å². The Balaban J connectivity index is 2.01. The minimum atomic E-state index is -0.735. The van der Waals surface area contributed by atoms with Crippen molar-refractivity contribution in [3.63, 3.8) is 0 Å². The summed E-state index contributed by atoms with van der Waals surface area (Å²) in [6.07, 6.45) is 0.0530. The van der Waals surface area contributed by atoms with E-state index in [1.807, 2.05) is 6.92 Å². The molecule has 0 amide bonds. The second kappa shape index (κ2) is 5.72. The van der Waals surface area contributed by atoms with Crippen molar-refractivity contribution in [1.29, 1.82) is 0 Å². The molecule has 1 fully saturated rings. The molecule has 0 saturated carbocycles. The topological polar surface area (TPSA) is 103 Å². The van der Waals surface area contributed by atoms with Crippen molar-refractivity contribution in [2.24, 2.45) is 0 Å². The lowest BCUT2D eigenvalue weighted by Crippen LogP contribution is -2.24. The average Bonchev–Trinajstić information content (AvgIpc) is 3.02. The van der Waals surface area contributed by atoms with Crippen molar-refractivity contribution in [2.45, 2.75) is 31.8 Å². The van der Waals surface area contributed by atoms with Crippen LogP contribution in [-0.4, -0.2) is 55.2 Å². The normalized spacial score (nSPS) is 25.6. The maximum atomic E-state index is 9.82. The van der Waals surface area contributed by atoms with Crippen LogP contribution in [0.1, 0.15) is 19.6 Å². The fraction of sp³-hybridized carbons (Fsp3) is 0.583. The quantitative estimate of drug-likeness (QED) is 0.793. The van der Waals surface area contributed by atoms with Crippen molar-refractivity contribution >= 4 is 22.8 Å². The summed E-state index contributed by atoms with van der Waals surface area (Å²) in [5.41, 5.74) is 0.945. The number of fused-ring (bicyclic) bond motifs is 1. The molecule has 0 unspecified atom stereocenters. The molecule has 21 heavy (non-hydrogen) atoms. The molecule has 1 aliphatic heterocycles. The molecule has 114 valence electrons. The van der Waals surface area contributed by atoms with E-state index in [2.05, 4.69) is 15.0 Å². The van der Waals surface area contributed by atoms with Crippen LogP contribution in [0.2, 0.25) is 5.28 Å². The number of aliphatic hydroxyl groups is 2. The summed E-state index contributed by atoms with van der Waals surface area (Å²) in [6, 6.07) is 0. The summed E-state index contributed by atoms with van der Waals surface area (Å²) in [6.45, 7) is 2.02. The van der Waals surface area contributed by atoms with Crippen molar-refractivity contribution in [3.8, 4) is 5.88 Å². The van der Waals surface area contributed by atoms with E-state index in [0.717, 1.165) is 0 Å². The molecule has 8 nitrogen and oxygen atoms in total. The van der Waals surface area contributed by atoms with Gasteiger partial charge in [-0.1, -0.05) is 0 Å². The van der Waals surface area contributed by atoms with Crippen LogP contribution in [0, 0.1) is 0 Å². The summed E-state index contributed by atoms with van der Waals surface area (Å²) in [5, 5.41) is 19.0. The van der Waals surface area contributed by atoms with Crippen molar-refractivity contribution < 1.29 is 19.7 Å². The molecule has 0 radical (unpaired) electrons. The third-order valence-electron chi connectivity index (χ3n) is 3.34. The number of hydrogen-bond acceptors (Lipinski definition) is 7. The number of hydrogen-bond donors (Lipinski definition) is 2. The second-order valence-electron chi connectivity index (χ2n) is 4.67. The van der Waals surface area contributed by atoms with Crippen LogP contribution in [0.25, 0.3) is 11.2 Å².